The van der Waals surface area contributed by atoms with Crippen LogP contribution in [0.25, 0.3) is 0 Å². The first kappa shape index (κ1) is 18.3. The fraction of sp³-hybridized carbons (Fsp3) is 0.294. The summed E-state index contributed by atoms with van der Waals surface area (Å²) in [7, 11) is 0. The zero-order valence-electron chi connectivity index (χ0n) is 13.9. The SMILES string of the molecule is CC1CCc2c(sc(NC(=O)c3ccc(Cl)cc3[N+](=O)[O-])c2C(N)=O)C1. The van der Waals surface area contributed by atoms with Crippen LogP contribution in [0.2, 0.25) is 5.02 Å². The summed E-state index contributed by atoms with van der Waals surface area (Å²) in [6.07, 6.45) is 2.49. The Morgan fingerprint density at radius 2 is 2.15 bits per heavy atom. The summed E-state index contributed by atoms with van der Waals surface area (Å²) in [5, 5.41) is 14.3. The van der Waals surface area contributed by atoms with Crippen molar-refractivity contribution in [2.24, 2.45) is 11.7 Å². The van der Waals surface area contributed by atoms with Crippen molar-refractivity contribution in [3.8, 4) is 0 Å². The highest BCUT2D eigenvalue weighted by molar-refractivity contribution is 7.17. The number of amides is 2. The fourth-order valence-electron chi connectivity index (χ4n) is 3.12. The van der Waals surface area contributed by atoms with Gasteiger partial charge in [-0.3, -0.25) is 19.7 Å². The number of anilines is 1. The highest BCUT2D eigenvalue weighted by Crippen LogP contribution is 2.39. The van der Waals surface area contributed by atoms with Crippen molar-refractivity contribution >= 4 is 45.4 Å². The quantitative estimate of drug-likeness (QED) is 0.607. The monoisotopic (exact) mass is 393 g/mol. The van der Waals surface area contributed by atoms with E-state index in [1.54, 1.807) is 0 Å². The van der Waals surface area contributed by atoms with E-state index < -0.39 is 22.4 Å². The van der Waals surface area contributed by atoms with Crippen molar-refractivity contribution in [2.45, 2.75) is 26.2 Å². The van der Waals surface area contributed by atoms with E-state index in [9.17, 15) is 19.7 Å². The second-order valence-electron chi connectivity index (χ2n) is 6.29. The number of nitro benzene ring substituents is 1. The first-order valence-electron chi connectivity index (χ1n) is 7.97. The molecule has 0 radical (unpaired) electrons. The van der Waals surface area contributed by atoms with Crippen LogP contribution in [0, 0.1) is 16.0 Å². The van der Waals surface area contributed by atoms with Gasteiger partial charge in [0.2, 0.25) is 0 Å². The molecule has 7 nitrogen and oxygen atoms in total. The maximum absolute atomic E-state index is 12.6. The molecule has 1 aliphatic rings. The Morgan fingerprint density at radius 1 is 1.42 bits per heavy atom. The molecule has 1 aromatic heterocycles. The van der Waals surface area contributed by atoms with Gasteiger partial charge in [0.05, 0.1) is 10.5 Å². The molecule has 3 N–H and O–H groups in total. The zero-order valence-corrected chi connectivity index (χ0v) is 15.4. The van der Waals surface area contributed by atoms with E-state index in [2.05, 4.69) is 12.2 Å². The number of nitro groups is 1. The Kier molecular flexibility index (Phi) is 4.97. The molecule has 1 heterocycles. The van der Waals surface area contributed by atoms with Gasteiger partial charge in [0.1, 0.15) is 10.6 Å². The normalized spacial score (nSPS) is 16.0. The lowest BCUT2D eigenvalue weighted by Crippen LogP contribution is -2.19. The number of thiophene rings is 1. The summed E-state index contributed by atoms with van der Waals surface area (Å²) in [6, 6.07) is 3.81. The third kappa shape index (κ3) is 3.42. The molecule has 1 unspecified atom stereocenters. The molecule has 136 valence electrons. The van der Waals surface area contributed by atoms with Crippen LogP contribution in [0.1, 0.15) is 44.5 Å². The maximum Gasteiger partial charge on any atom is 0.283 e. The summed E-state index contributed by atoms with van der Waals surface area (Å²) in [6.45, 7) is 2.13. The van der Waals surface area contributed by atoms with Gasteiger partial charge in [-0.2, -0.15) is 0 Å². The van der Waals surface area contributed by atoms with Gasteiger partial charge in [0.25, 0.3) is 17.5 Å². The average Bonchev–Trinajstić information content (AvgIpc) is 2.91. The van der Waals surface area contributed by atoms with Crippen LogP contribution in [0.3, 0.4) is 0 Å². The number of primary amides is 1. The number of halogens is 1. The summed E-state index contributed by atoms with van der Waals surface area (Å²) in [4.78, 5) is 36.1. The predicted octanol–water partition coefficient (Wildman–Crippen LogP) is 3.79. The van der Waals surface area contributed by atoms with E-state index >= 15 is 0 Å². The Morgan fingerprint density at radius 3 is 2.81 bits per heavy atom. The summed E-state index contributed by atoms with van der Waals surface area (Å²) < 4.78 is 0. The molecule has 0 fully saturated rings. The van der Waals surface area contributed by atoms with Crippen LogP contribution in [-0.4, -0.2) is 16.7 Å². The molecule has 0 saturated heterocycles. The largest absolute Gasteiger partial charge is 0.365 e. The molecule has 26 heavy (non-hydrogen) atoms. The number of hydrogen-bond acceptors (Lipinski definition) is 5. The number of nitrogens with two attached hydrogens (primary N) is 1. The molecule has 1 aliphatic carbocycles. The molecule has 9 heteroatoms. The topological polar surface area (TPSA) is 115 Å². The number of nitrogens with zero attached hydrogens (tertiary/aromatic N) is 1. The minimum atomic E-state index is -0.678. The van der Waals surface area contributed by atoms with Crippen molar-refractivity contribution in [3.05, 3.63) is 54.9 Å². The number of carbonyl (C=O) groups is 2. The van der Waals surface area contributed by atoms with E-state index in [-0.39, 0.29) is 10.6 Å². The fourth-order valence-corrected chi connectivity index (χ4v) is 4.70. The third-order valence-electron chi connectivity index (χ3n) is 4.39. The second-order valence-corrected chi connectivity index (χ2v) is 7.83. The van der Waals surface area contributed by atoms with Gasteiger partial charge in [0.15, 0.2) is 0 Å². The highest BCUT2D eigenvalue weighted by Gasteiger charge is 2.28. The van der Waals surface area contributed by atoms with Crippen molar-refractivity contribution in [3.63, 3.8) is 0 Å². The molecule has 1 atom stereocenters. The van der Waals surface area contributed by atoms with Crippen molar-refractivity contribution in [1.82, 2.24) is 0 Å². The second kappa shape index (κ2) is 7.05. The number of hydrogen-bond donors (Lipinski definition) is 2. The number of rotatable bonds is 4. The third-order valence-corrected chi connectivity index (χ3v) is 5.79. The van der Waals surface area contributed by atoms with Gasteiger partial charge >= 0.3 is 0 Å². The minimum Gasteiger partial charge on any atom is -0.365 e. The molecule has 0 aliphatic heterocycles. The van der Waals surface area contributed by atoms with E-state index in [0.29, 0.717) is 16.5 Å². The van der Waals surface area contributed by atoms with Gasteiger partial charge in [-0.15, -0.1) is 11.3 Å². The Hall–Kier alpha value is -2.45. The molecule has 0 spiro atoms. The lowest BCUT2D eigenvalue weighted by Gasteiger charge is -2.18. The first-order valence-corrected chi connectivity index (χ1v) is 9.17. The van der Waals surface area contributed by atoms with Crippen LogP contribution in [0.4, 0.5) is 10.7 Å². The van der Waals surface area contributed by atoms with Crippen molar-refractivity contribution < 1.29 is 14.5 Å². The molecular weight excluding hydrogens is 378 g/mol. The highest BCUT2D eigenvalue weighted by atomic mass is 35.5. The molecule has 0 saturated carbocycles. The Labute approximate surface area is 158 Å². The molecule has 1 aromatic carbocycles. The summed E-state index contributed by atoms with van der Waals surface area (Å²) in [5.74, 6) is -0.803. The van der Waals surface area contributed by atoms with Gasteiger partial charge in [-0.1, -0.05) is 18.5 Å². The number of benzene rings is 1. The molecular formula is C17H16ClN3O4S. The van der Waals surface area contributed by atoms with Crippen LogP contribution >= 0.6 is 22.9 Å². The number of nitrogens with one attached hydrogen (secondary N) is 1. The van der Waals surface area contributed by atoms with Crippen LogP contribution < -0.4 is 11.1 Å². The summed E-state index contributed by atoms with van der Waals surface area (Å²) >= 11 is 7.09. The molecule has 2 aromatic rings. The smallest absolute Gasteiger partial charge is 0.283 e. The van der Waals surface area contributed by atoms with Gasteiger partial charge in [-0.25, -0.2) is 0 Å². The Balaban J connectivity index is 1.98. The zero-order chi connectivity index (χ0) is 19.0. The van der Waals surface area contributed by atoms with Gasteiger partial charge < -0.3 is 11.1 Å². The van der Waals surface area contributed by atoms with E-state index in [1.165, 1.54) is 23.5 Å². The maximum atomic E-state index is 12.6. The van der Waals surface area contributed by atoms with Crippen LogP contribution in [0.15, 0.2) is 18.2 Å². The molecule has 0 bridgehead atoms. The van der Waals surface area contributed by atoms with Crippen LogP contribution in [-0.2, 0) is 12.8 Å². The van der Waals surface area contributed by atoms with Crippen LogP contribution in [0.5, 0.6) is 0 Å². The van der Waals surface area contributed by atoms with E-state index in [1.807, 2.05) is 0 Å². The predicted molar refractivity (Wildman–Crippen MR) is 100 cm³/mol. The number of fused-ring (bicyclic) bond motifs is 1. The van der Waals surface area contributed by atoms with Crippen molar-refractivity contribution in [1.29, 1.82) is 0 Å². The molecule has 3 rings (SSSR count). The Bertz CT molecular complexity index is 925. The average molecular weight is 394 g/mol. The lowest BCUT2D eigenvalue weighted by molar-refractivity contribution is -0.385. The summed E-state index contributed by atoms with van der Waals surface area (Å²) in [5.41, 5.74) is 6.18. The minimum absolute atomic E-state index is 0.130. The standard InChI is InChI=1S/C17H16ClN3O4S/c1-8-2-4-11-13(6-8)26-17(14(11)15(19)22)20-16(23)10-5-3-9(18)7-12(10)21(24)25/h3,5,7-8H,2,4,6H2,1H3,(H2,19,22)(H,20,23). The lowest BCUT2D eigenvalue weighted by atomic mass is 9.88. The van der Waals surface area contributed by atoms with E-state index in [4.69, 9.17) is 17.3 Å². The number of carbonyl (C=O) groups excluding carboxylic acids is 2. The van der Waals surface area contributed by atoms with E-state index in [0.717, 1.165) is 35.8 Å². The van der Waals surface area contributed by atoms with Gasteiger partial charge in [0, 0.05) is 16.0 Å². The first-order chi connectivity index (χ1) is 12.3. The van der Waals surface area contributed by atoms with Crippen molar-refractivity contribution in [2.75, 3.05) is 5.32 Å². The molecule has 2 amide bonds. The van der Waals surface area contributed by atoms with Gasteiger partial charge in [-0.05, 0) is 42.9 Å².